The third-order valence-electron chi connectivity index (χ3n) is 4.88. The molecule has 0 fully saturated rings. The van der Waals surface area contributed by atoms with Crippen molar-refractivity contribution in [2.24, 2.45) is 0 Å². The van der Waals surface area contributed by atoms with Crippen molar-refractivity contribution in [3.8, 4) is 0 Å². The van der Waals surface area contributed by atoms with E-state index in [-0.39, 0.29) is 5.69 Å². The number of amides is 1. The summed E-state index contributed by atoms with van der Waals surface area (Å²) in [5.41, 5.74) is 2.08. The van der Waals surface area contributed by atoms with Gasteiger partial charge in [0.2, 0.25) is 5.82 Å². The number of halogens is 1. The molecule has 0 radical (unpaired) electrons. The molecule has 3 aromatic rings. The molecular weight excluding hydrogens is 393 g/mol. The van der Waals surface area contributed by atoms with Crippen molar-refractivity contribution in [2.45, 2.75) is 19.3 Å². The van der Waals surface area contributed by atoms with E-state index in [1.165, 1.54) is 6.07 Å². The van der Waals surface area contributed by atoms with Crippen LogP contribution < -0.4 is 5.32 Å². The number of aromatic nitrogens is 1. The van der Waals surface area contributed by atoms with Gasteiger partial charge in [0.15, 0.2) is 6.61 Å². The fourth-order valence-corrected chi connectivity index (χ4v) is 3.57. The molecule has 1 aliphatic carbocycles. The average Bonchev–Trinajstić information content (AvgIpc) is 3.19. The lowest BCUT2D eigenvalue weighted by atomic mass is 10.0. The Kier molecular flexibility index (Phi) is 5.09. The first-order valence-corrected chi connectivity index (χ1v) is 9.25. The zero-order valence-electron chi connectivity index (χ0n) is 15.7. The number of nitrogens with zero attached hydrogens (tertiary/aromatic N) is 2. The Bertz CT molecular complexity index is 1190. The van der Waals surface area contributed by atoms with Gasteiger partial charge in [-0.3, -0.25) is 19.9 Å². The average molecular weight is 409 g/mol. The number of benzene rings is 2. The summed E-state index contributed by atoms with van der Waals surface area (Å²) in [6.07, 6.45) is 2.39. The molecule has 1 amide bonds. The summed E-state index contributed by atoms with van der Waals surface area (Å²) in [6, 6.07) is 10.2. The van der Waals surface area contributed by atoms with Gasteiger partial charge in [-0.15, -0.1) is 0 Å². The molecule has 0 saturated heterocycles. The molecule has 0 aliphatic heterocycles. The number of carbonyl (C=O) groups excluding carboxylic acids is 2. The van der Waals surface area contributed by atoms with E-state index >= 15 is 0 Å². The molecule has 8 nitrogen and oxygen atoms in total. The summed E-state index contributed by atoms with van der Waals surface area (Å²) < 4.78 is 18.6. The Balaban J connectivity index is 1.50. The maximum absolute atomic E-state index is 13.4. The number of rotatable bonds is 5. The summed E-state index contributed by atoms with van der Waals surface area (Å²) in [5.74, 6) is -2.34. The summed E-state index contributed by atoms with van der Waals surface area (Å²) >= 11 is 0. The Morgan fingerprint density at radius 3 is 2.80 bits per heavy atom. The van der Waals surface area contributed by atoms with Crippen LogP contribution in [-0.4, -0.2) is 28.4 Å². The Morgan fingerprint density at radius 2 is 2.00 bits per heavy atom. The monoisotopic (exact) mass is 409 g/mol. The minimum absolute atomic E-state index is 0.0272. The molecular formula is C21H16FN3O5. The number of hydrogen-bond donors (Lipinski definition) is 1. The number of esters is 1. The molecule has 1 heterocycles. The van der Waals surface area contributed by atoms with Gasteiger partial charge >= 0.3 is 11.7 Å². The third kappa shape index (κ3) is 3.69. The standard InChI is InChI=1S/C21H16FN3O5/c22-15-9-8-12(10-18(15)25(28)29)23-19(26)11-30-21(27)20-13-4-1-2-6-16(13)24-17-7-3-5-14(17)20/h1-2,4,6,8-10H,3,5,7,11H2,(H,23,26). The van der Waals surface area contributed by atoms with Gasteiger partial charge in [-0.25, -0.2) is 4.79 Å². The van der Waals surface area contributed by atoms with E-state index in [0.29, 0.717) is 22.9 Å². The first-order valence-electron chi connectivity index (χ1n) is 9.25. The maximum atomic E-state index is 13.4. The number of anilines is 1. The summed E-state index contributed by atoms with van der Waals surface area (Å²) in [6.45, 7) is -0.588. The summed E-state index contributed by atoms with van der Waals surface area (Å²) in [7, 11) is 0. The van der Waals surface area contributed by atoms with E-state index in [2.05, 4.69) is 10.3 Å². The summed E-state index contributed by atoms with van der Waals surface area (Å²) in [5, 5.41) is 13.8. The van der Waals surface area contributed by atoms with E-state index in [4.69, 9.17) is 4.74 Å². The largest absolute Gasteiger partial charge is 0.452 e. The number of aryl methyl sites for hydroxylation is 1. The molecule has 9 heteroatoms. The molecule has 4 rings (SSSR count). The van der Waals surface area contributed by atoms with Gasteiger partial charge in [0, 0.05) is 22.8 Å². The molecule has 1 aliphatic rings. The van der Waals surface area contributed by atoms with Gasteiger partial charge in [-0.2, -0.15) is 4.39 Å². The third-order valence-corrected chi connectivity index (χ3v) is 4.88. The van der Waals surface area contributed by atoms with Gasteiger partial charge in [0.25, 0.3) is 5.91 Å². The number of ether oxygens (including phenoxy) is 1. The molecule has 30 heavy (non-hydrogen) atoms. The number of nitrogens with one attached hydrogen (secondary N) is 1. The van der Waals surface area contributed by atoms with E-state index in [1.54, 1.807) is 12.1 Å². The lowest BCUT2D eigenvalue weighted by Gasteiger charge is -2.12. The second kappa shape index (κ2) is 7.86. The van der Waals surface area contributed by atoms with Crippen LogP contribution in [0.5, 0.6) is 0 Å². The maximum Gasteiger partial charge on any atom is 0.339 e. The molecule has 1 aromatic heterocycles. The van der Waals surface area contributed by atoms with Crippen LogP contribution in [-0.2, 0) is 22.4 Å². The normalized spacial score (nSPS) is 12.4. The number of nitro groups is 1. The van der Waals surface area contributed by atoms with Gasteiger partial charge in [-0.05, 0) is 43.0 Å². The van der Waals surface area contributed by atoms with Crippen LogP contribution in [0.15, 0.2) is 42.5 Å². The van der Waals surface area contributed by atoms with Crippen LogP contribution in [0.3, 0.4) is 0 Å². The Labute approximate surface area is 169 Å². The van der Waals surface area contributed by atoms with Crippen LogP contribution in [0.25, 0.3) is 10.9 Å². The summed E-state index contributed by atoms with van der Waals surface area (Å²) in [4.78, 5) is 39.5. The van der Waals surface area contributed by atoms with Crippen molar-refractivity contribution in [1.29, 1.82) is 0 Å². The van der Waals surface area contributed by atoms with Crippen LogP contribution in [0, 0.1) is 15.9 Å². The van der Waals surface area contributed by atoms with Gasteiger partial charge in [0.1, 0.15) is 0 Å². The van der Waals surface area contributed by atoms with E-state index in [1.807, 2.05) is 12.1 Å². The highest BCUT2D eigenvalue weighted by molar-refractivity contribution is 6.06. The number of hydrogen-bond acceptors (Lipinski definition) is 6. The predicted molar refractivity (Wildman–Crippen MR) is 106 cm³/mol. The van der Waals surface area contributed by atoms with E-state index in [0.717, 1.165) is 36.2 Å². The molecule has 1 N–H and O–H groups in total. The van der Waals surface area contributed by atoms with Gasteiger partial charge in [0.05, 0.1) is 16.0 Å². The topological polar surface area (TPSA) is 111 Å². The Hall–Kier alpha value is -3.88. The highest BCUT2D eigenvalue weighted by atomic mass is 19.1. The number of para-hydroxylation sites is 1. The fraction of sp³-hybridized carbons (Fsp3) is 0.190. The van der Waals surface area contributed by atoms with Crippen molar-refractivity contribution in [2.75, 3.05) is 11.9 Å². The second-order valence-electron chi connectivity index (χ2n) is 6.83. The number of nitro benzene ring substituents is 1. The number of carbonyl (C=O) groups is 2. The van der Waals surface area contributed by atoms with E-state index in [9.17, 15) is 24.1 Å². The van der Waals surface area contributed by atoms with Crippen LogP contribution in [0.4, 0.5) is 15.8 Å². The predicted octanol–water partition coefficient (Wildman–Crippen LogP) is 3.57. The number of pyridine rings is 1. The highest BCUT2D eigenvalue weighted by Crippen LogP contribution is 2.30. The fourth-order valence-electron chi connectivity index (χ4n) is 3.57. The van der Waals surface area contributed by atoms with E-state index < -0.39 is 34.9 Å². The van der Waals surface area contributed by atoms with Crippen molar-refractivity contribution >= 4 is 34.2 Å². The SMILES string of the molecule is O=C(COC(=O)c1c2c(nc3ccccc13)CCC2)Nc1ccc(F)c([N+](=O)[O-])c1. The minimum Gasteiger partial charge on any atom is -0.452 e. The van der Waals surface area contributed by atoms with Crippen molar-refractivity contribution in [3.63, 3.8) is 0 Å². The minimum atomic E-state index is -1.01. The second-order valence-corrected chi connectivity index (χ2v) is 6.83. The number of fused-ring (bicyclic) bond motifs is 2. The first kappa shape index (κ1) is 19.4. The Morgan fingerprint density at radius 1 is 1.20 bits per heavy atom. The van der Waals surface area contributed by atoms with Gasteiger partial charge in [-0.1, -0.05) is 18.2 Å². The van der Waals surface area contributed by atoms with Crippen LogP contribution >= 0.6 is 0 Å². The zero-order chi connectivity index (χ0) is 21.3. The lowest BCUT2D eigenvalue weighted by Crippen LogP contribution is -2.22. The van der Waals surface area contributed by atoms with Crippen molar-refractivity contribution in [1.82, 2.24) is 4.98 Å². The quantitative estimate of drug-likeness (QED) is 0.392. The molecule has 152 valence electrons. The lowest BCUT2D eigenvalue weighted by molar-refractivity contribution is -0.387. The van der Waals surface area contributed by atoms with Gasteiger partial charge < -0.3 is 10.1 Å². The van der Waals surface area contributed by atoms with Crippen molar-refractivity contribution in [3.05, 3.63) is 75.2 Å². The van der Waals surface area contributed by atoms with Crippen LogP contribution in [0.1, 0.15) is 28.0 Å². The smallest absolute Gasteiger partial charge is 0.339 e. The molecule has 2 aromatic carbocycles. The first-order chi connectivity index (χ1) is 14.4. The molecule has 0 spiro atoms. The van der Waals surface area contributed by atoms with Crippen LogP contribution in [0.2, 0.25) is 0 Å². The molecule has 0 unspecified atom stereocenters. The van der Waals surface area contributed by atoms with Crippen molar-refractivity contribution < 1.29 is 23.6 Å². The highest BCUT2D eigenvalue weighted by Gasteiger charge is 2.25. The zero-order valence-corrected chi connectivity index (χ0v) is 15.7. The molecule has 0 atom stereocenters. The molecule has 0 saturated carbocycles. The molecule has 0 bridgehead atoms.